The highest BCUT2D eigenvalue weighted by molar-refractivity contribution is 6.10. The van der Waals surface area contributed by atoms with Crippen LogP contribution in [0.1, 0.15) is 18.9 Å². The zero-order valence-corrected chi connectivity index (χ0v) is 7.80. The van der Waals surface area contributed by atoms with Gasteiger partial charge in [0, 0.05) is 12.1 Å². The first-order chi connectivity index (χ1) is 6.58. The third kappa shape index (κ3) is 0.659. The van der Waals surface area contributed by atoms with Crippen molar-refractivity contribution in [2.24, 2.45) is 0 Å². The Kier molecular flexibility index (Phi) is 1.14. The van der Waals surface area contributed by atoms with Crippen molar-refractivity contribution >= 4 is 11.6 Å². The summed E-state index contributed by atoms with van der Waals surface area (Å²) in [5, 5.41) is 2.73. The summed E-state index contributed by atoms with van der Waals surface area (Å²) in [4.78, 5) is 11.7. The monoisotopic (exact) mass is 191 g/mol. The van der Waals surface area contributed by atoms with Crippen LogP contribution in [0.15, 0.2) is 24.3 Å². The summed E-state index contributed by atoms with van der Waals surface area (Å²) < 4.78 is 13.8. The molecular formula is C11H10FNO. The van der Waals surface area contributed by atoms with Gasteiger partial charge in [-0.2, -0.15) is 0 Å². The molecule has 0 radical (unpaired) electrons. The van der Waals surface area contributed by atoms with E-state index < -0.39 is 11.1 Å². The zero-order valence-electron chi connectivity index (χ0n) is 7.80. The summed E-state index contributed by atoms with van der Waals surface area (Å²) in [5.74, 6) is -0.191. The fourth-order valence-corrected chi connectivity index (χ4v) is 2.46. The molecule has 1 aromatic rings. The van der Waals surface area contributed by atoms with Gasteiger partial charge in [0.2, 0.25) is 5.91 Å². The average molecular weight is 191 g/mol. The molecule has 1 saturated carbocycles. The van der Waals surface area contributed by atoms with Crippen LogP contribution in [0, 0.1) is 0 Å². The van der Waals surface area contributed by atoms with E-state index in [0.29, 0.717) is 6.42 Å². The molecule has 2 unspecified atom stereocenters. The van der Waals surface area contributed by atoms with E-state index in [2.05, 4.69) is 5.32 Å². The Labute approximate surface area is 81.1 Å². The van der Waals surface area contributed by atoms with Crippen molar-refractivity contribution in [2.75, 3.05) is 5.32 Å². The van der Waals surface area contributed by atoms with Crippen molar-refractivity contribution in [3.63, 3.8) is 0 Å². The van der Waals surface area contributed by atoms with Crippen LogP contribution in [0.5, 0.6) is 0 Å². The van der Waals surface area contributed by atoms with Crippen molar-refractivity contribution in [3.8, 4) is 0 Å². The van der Waals surface area contributed by atoms with E-state index in [4.69, 9.17) is 0 Å². The minimum Gasteiger partial charge on any atom is -0.325 e. The summed E-state index contributed by atoms with van der Waals surface area (Å²) in [7, 11) is 0. The number of nitrogens with one attached hydrogen (secondary N) is 1. The van der Waals surface area contributed by atoms with E-state index in [9.17, 15) is 9.18 Å². The Bertz CT molecular complexity index is 441. The number of rotatable bonds is 0. The van der Waals surface area contributed by atoms with E-state index in [0.717, 1.165) is 11.3 Å². The molecule has 1 aliphatic heterocycles. The van der Waals surface area contributed by atoms with Crippen molar-refractivity contribution in [3.05, 3.63) is 29.8 Å². The van der Waals surface area contributed by atoms with E-state index in [1.54, 1.807) is 0 Å². The molecule has 0 aromatic heterocycles. The Morgan fingerprint density at radius 1 is 1.43 bits per heavy atom. The topological polar surface area (TPSA) is 29.1 Å². The predicted octanol–water partition coefficient (Wildman–Crippen LogP) is 2.01. The summed E-state index contributed by atoms with van der Waals surface area (Å²) in [6.45, 7) is 1.49. The van der Waals surface area contributed by atoms with Gasteiger partial charge in [-0.15, -0.1) is 0 Å². The van der Waals surface area contributed by atoms with Gasteiger partial charge in [-0.3, -0.25) is 4.79 Å². The first kappa shape index (κ1) is 7.97. The van der Waals surface area contributed by atoms with Gasteiger partial charge in [0.25, 0.3) is 0 Å². The molecule has 0 saturated heterocycles. The summed E-state index contributed by atoms with van der Waals surface area (Å²) in [5.41, 5.74) is -0.679. The molecule has 72 valence electrons. The number of hydrogen-bond donors (Lipinski definition) is 1. The van der Waals surface area contributed by atoms with Gasteiger partial charge < -0.3 is 5.32 Å². The number of benzene rings is 1. The Balaban J connectivity index is 2.23. The van der Waals surface area contributed by atoms with Crippen molar-refractivity contribution in [2.45, 2.75) is 24.4 Å². The van der Waals surface area contributed by atoms with E-state index in [-0.39, 0.29) is 5.91 Å². The van der Waals surface area contributed by atoms with Gasteiger partial charge in [-0.05, 0) is 18.6 Å². The highest BCUT2D eigenvalue weighted by Gasteiger charge is 2.74. The maximum Gasteiger partial charge on any atom is 0.238 e. The van der Waals surface area contributed by atoms with Crippen LogP contribution in [0.4, 0.5) is 10.1 Å². The Morgan fingerprint density at radius 3 is 2.71 bits per heavy atom. The molecule has 1 heterocycles. The van der Waals surface area contributed by atoms with Crippen LogP contribution in [-0.4, -0.2) is 11.6 Å². The van der Waals surface area contributed by atoms with Crippen LogP contribution in [-0.2, 0) is 10.2 Å². The number of amides is 1. The molecule has 1 amide bonds. The molecule has 1 aromatic carbocycles. The van der Waals surface area contributed by atoms with Gasteiger partial charge in [0.15, 0.2) is 0 Å². The van der Waals surface area contributed by atoms with E-state index in [1.165, 1.54) is 6.92 Å². The standard InChI is InChI=1S/C11H10FNO/c1-10(12)6-11(10)7-4-2-3-5-8(7)13-9(11)14/h2-5H,6H2,1H3,(H,13,14). The van der Waals surface area contributed by atoms with Crippen LogP contribution in [0.2, 0.25) is 0 Å². The summed E-state index contributed by atoms with van der Waals surface area (Å²) in [6.07, 6.45) is 0.308. The van der Waals surface area contributed by atoms with Gasteiger partial charge in [0.05, 0.1) is 0 Å². The predicted molar refractivity (Wildman–Crippen MR) is 50.9 cm³/mol. The third-order valence-corrected chi connectivity index (χ3v) is 3.38. The lowest BCUT2D eigenvalue weighted by molar-refractivity contribution is -0.118. The second-order valence-electron chi connectivity index (χ2n) is 4.28. The molecule has 3 heteroatoms. The highest BCUT2D eigenvalue weighted by Crippen LogP contribution is 2.64. The van der Waals surface area contributed by atoms with E-state index >= 15 is 0 Å². The molecule has 1 aliphatic carbocycles. The van der Waals surface area contributed by atoms with Crippen molar-refractivity contribution in [1.29, 1.82) is 0 Å². The molecular weight excluding hydrogens is 181 g/mol. The molecule has 14 heavy (non-hydrogen) atoms. The molecule has 1 N–H and O–H groups in total. The third-order valence-electron chi connectivity index (χ3n) is 3.38. The first-order valence-corrected chi connectivity index (χ1v) is 4.68. The molecule has 2 atom stereocenters. The lowest BCUT2D eigenvalue weighted by Crippen LogP contribution is -2.26. The average Bonchev–Trinajstić information content (AvgIpc) is 2.59. The number of hydrogen-bond acceptors (Lipinski definition) is 1. The molecule has 0 bridgehead atoms. The fraction of sp³-hybridized carbons (Fsp3) is 0.364. The molecule has 2 nitrogen and oxygen atoms in total. The van der Waals surface area contributed by atoms with Gasteiger partial charge >= 0.3 is 0 Å². The van der Waals surface area contributed by atoms with Crippen LogP contribution >= 0.6 is 0 Å². The lowest BCUT2D eigenvalue weighted by atomic mass is 9.94. The summed E-state index contributed by atoms with van der Waals surface area (Å²) >= 11 is 0. The zero-order chi connectivity index (χ0) is 9.97. The number of fused-ring (bicyclic) bond motifs is 2. The van der Waals surface area contributed by atoms with E-state index in [1.807, 2.05) is 24.3 Å². The molecule has 2 aliphatic rings. The number of para-hydroxylation sites is 1. The quantitative estimate of drug-likeness (QED) is 0.667. The maximum absolute atomic E-state index is 13.8. The highest BCUT2D eigenvalue weighted by atomic mass is 19.1. The largest absolute Gasteiger partial charge is 0.325 e. The summed E-state index contributed by atoms with van der Waals surface area (Å²) in [6, 6.07) is 7.33. The number of alkyl halides is 1. The first-order valence-electron chi connectivity index (χ1n) is 4.68. The lowest BCUT2D eigenvalue weighted by Gasteiger charge is -2.08. The maximum atomic E-state index is 13.8. The van der Waals surface area contributed by atoms with Crippen LogP contribution in [0.3, 0.4) is 0 Å². The molecule has 1 fully saturated rings. The Hall–Kier alpha value is -1.38. The molecule has 3 rings (SSSR count). The second-order valence-corrected chi connectivity index (χ2v) is 4.28. The van der Waals surface area contributed by atoms with Crippen molar-refractivity contribution < 1.29 is 9.18 Å². The SMILES string of the molecule is CC1(F)CC12C(=O)Nc1ccccc12. The normalized spacial score (nSPS) is 38.3. The van der Waals surface area contributed by atoms with Crippen LogP contribution < -0.4 is 5.32 Å². The minimum atomic E-state index is -1.37. The van der Waals surface area contributed by atoms with Crippen LogP contribution in [0.25, 0.3) is 0 Å². The van der Waals surface area contributed by atoms with Crippen molar-refractivity contribution in [1.82, 2.24) is 0 Å². The van der Waals surface area contributed by atoms with Gasteiger partial charge in [-0.25, -0.2) is 4.39 Å². The number of carbonyl (C=O) groups is 1. The second kappa shape index (κ2) is 2.00. The van der Waals surface area contributed by atoms with Gasteiger partial charge in [0.1, 0.15) is 11.1 Å². The molecule has 1 spiro atoms. The minimum absolute atomic E-state index is 0.191. The smallest absolute Gasteiger partial charge is 0.238 e. The Morgan fingerprint density at radius 2 is 2.07 bits per heavy atom. The number of carbonyl (C=O) groups excluding carboxylic acids is 1. The van der Waals surface area contributed by atoms with Gasteiger partial charge in [-0.1, -0.05) is 18.2 Å². The number of halogens is 1. The fourth-order valence-electron chi connectivity index (χ4n) is 2.46. The number of anilines is 1.